The van der Waals surface area contributed by atoms with Crippen LogP contribution in [0.3, 0.4) is 0 Å². The van der Waals surface area contributed by atoms with Crippen molar-refractivity contribution in [1.82, 2.24) is 10.3 Å². The van der Waals surface area contributed by atoms with Crippen LogP contribution in [0.25, 0.3) is 10.9 Å². The number of alkyl carbamates (subject to hydrolysis) is 1. The van der Waals surface area contributed by atoms with Crippen molar-refractivity contribution in [3.05, 3.63) is 111 Å². The Kier molecular flexibility index (Phi) is 7.60. The smallest absolute Gasteiger partial charge is 0.408 e. The highest BCUT2D eigenvalue weighted by atomic mass is 16.6. The Hall–Kier alpha value is -4.66. The van der Waals surface area contributed by atoms with Crippen LogP contribution in [0, 0.1) is 17.0 Å². The van der Waals surface area contributed by atoms with Crippen LogP contribution < -0.4 is 5.32 Å². The van der Waals surface area contributed by atoms with Crippen LogP contribution in [0.1, 0.15) is 22.4 Å². The molecule has 9 heteroatoms. The fraction of sp³-hybridized carbons (Fsp3) is 0.185. The van der Waals surface area contributed by atoms with Gasteiger partial charge in [-0.3, -0.25) is 10.1 Å². The van der Waals surface area contributed by atoms with Crippen molar-refractivity contribution in [3.8, 4) is 0 Å². The van der Waals surface area contributed by atoms with E-state index in [9.17, 15) is 19.7 Å². The molecule has 0 saturated heterocycles. The van der Waals surface area contributed by atoms with Crippen LogP contribution in [0.15, 0.2) is 78.9 Å². The molecule has 4 rings (SSSR count). The Balaban J connectivity index is 1.54. The van der Waals surface area contributed by atoms with Crippen LogP contribution in [-0.2, 0) is 33.9 Å². The second kappa shape index (κ2) is 11.2. The van der Waals surface area contributed by atoms with Crippen LogP contribution in [0.2, 0.25) is 0 Å². The average molecular weight is 488 g/mol. The van der Waals surface area contributed by atoms with E-state index in [1.54, 1.807) is 13.0 Å². The van der Waals surface area contributed by atoms with Gasteiger partial charge in [-0.05, 0) is 29.7 Å². The van der Waals surface area contributed by atoms with E-state index < -0.39 is 23.0 Å². The second-order valence-corrected chi connectivity index (χ2v) is 8.27. The number of ether oxygens (including phenoxy) is 2. The molecule has 0 aliphatic carbocycles. The number of non-ortho nitro benzene ring substituents is 1. The van der Waals surface area contributed by atoms with Crippen LogP contribution in [0.5, 0.6) is 0 Å². The first-order valence-corrected chi connectivity index (χ1v) is 11.3. The third-order valence-electron chi connectivity index (χ3n) is 5.74. The molecule has 0 fully saturated rings. The predicted molar refractivity (Wildman–Crippen MR) is 133 cm³/mol. The minimum atomic E-state index is -1.08. The number of fused-ring (bicyclic) bond motifs is 1. The number of rotatable bonds is 9. The van der Waals surface area contributed by atoms with Gasteiger partial charge >= 0.3 is 12.1 Å². The minimum Gasteiger partial charge on any atom is -0.459 e. The zero-order valence-corrected chi connectivity index (χ0v) is 19.6. The van der Waals surface area contributed by atoms with Crippen molar-refractivity contribution < 1.29 is 24.0 Å². The van der Waals surface area contributed by atoms with E-state index in [4.69, 9.17) is 9.47 Å². The SMILES string of the molecule is Cc1[nH]c2ccc([N+](=O)[O-])cc2c1C[C@H](NC(=O)OCc1ccccc1)C(=O)OCc1ccccc1. The molecule has 9 nitrogen and oxygen atoms in total. The maximum Gasteiger partial charge on any atom is 0.408 e. The number of nitro benzene ring substituents is 1. The molecule has 4 aromatic rings. The monoisotopic (exact) mass is 487 g/mol. The highest BCUT2D eigenvalue weighted by Crippen LogP contribution is 2.27. The molecule has 0 radical (unpaired) electrons. The average Bonchev–Trinajstić information content (AvgIpc) is 3.20. The molecule has 184 valence electrons. The molecular weight excluding hydrogens is 462 g/mol. The van der Waals surface area contributed by atoms with Crippen molar-refractivity contribution in [3.63, 3.8) is 0 Å². The summed E-state index contributed by atoms with van der Waals surface area (Å²) in [4.78, 5) is 39.6. The summed E-state index contributed by atoms with van der Waals surface area (Å²) in [6, 6.07) is 21.8. The highest BCUT2D eigenvalue weighted by molar-refractivity contribution is 5.88. The standard InChI is InChI=1S/C27H25N3O6/c1-18-22(23-14-21(30(33)34)12-13-24(23)28-18)15-25(26(31)35-16-19-8-4-2-5-9-19)29-27(32)36-17-20-10-6-3-7-11-20/h2-14,25,28H,15-17H2,1H3,(H,29,32)/t25-/m0/s1. The van der Waals surface area contributed by atoms with Gasteiger partial charge in [0, 0.05) is 35.2 Å². The minimum absolute atomic E-state index is 0.0370. The van der Waals surface area contributed by atoms with Crippen LogP contribution >= 0.6 is 0 Å². The maximum atomic E-state index is 13.1. The number of hydrogen-bond donors (Lipinski definition) is 2. The van der Waals surface area contributed by atoms with E-state index in [2.05, 4.69) is 10.3 Å². The van der Waals surface area contributed by atoms with Crippen molar-refractivity contribution in [2.75, 3.05) is 0 Å². The van der Waals surface area contributed by atoms with Gasteiger partial charge in [-0.25, -0.2) is 9.59 Å². The predicted octanol–water partition coefficient (Wildman–Crippen LogP) is 4.97. The first-order valence-electron chi connectivity index (χ1n) is 11.3. The molecule has 1 heterocycles. The number of esters is 1. The number of H-pyrrole nitrogens is 1. The second-order valence-electron chi connectivity index (χ2n) is 8.27. The number of hydrogen-bond acceptors (Lipinski definition) is 6. The van der Waals surface area contributed by atoms with E-state index in [1.807, 2.05) is 60.7 Å². The summed E-state index contributed by atoms with van der Waals surface area (Å²) in [7, 11) is 0. The van der Waals surface area contributed by atoms with Crippen molar-refractivity contribution >= 4 is 28.7 Å². The maximum absolute atomic E-state index is 13.1. The fourth-order valence-electron chi connectivity index (χ4n) is 3.88. The molecule has 1 amide bonds. The van der Waals surface area contributed by atoms with Crippen molar-refractivity contribution in [2.24, 2.45) is 0 Å². The molecule has 0 bridgehead atoms. The zero-order valence-electron chi connectivity index (χ0n) is 19.6. The third kappa shape index (κ3) is 6.06. The van der Waals surface area contributed by atoms with E-state index in [0.29, 0.717) is 16.5 Å². The van der Waals surface area contributed by atoms with E-state index >= 15 is 0 Å². The number of nitrogens with one attached hydrogen (secondary N) is 2. The van der Waals surface area contributed by atoms with Gasteiger partial charge in [0.15, 0.2) is 0 Å². The topological polar surface area (TPSA) is 124 Å². The summed E-state index contributed by atoms with van der Waals surface area (Å²) in [5.74, 6) is -0.644. The summed E-state index contributed by atoms with van der Waals surface area (Å²) < 4.78 is 10.8. The van der Waals surface area contributed by atoms with Gasteiger partial charge in [0.1, 0.15) is 19.3 Å². The molecule has 0 saturated carbocycles. The summed E-state index contributed by atoms with van der Waals surface area (Å²) in [5, 5.41) is 14.5. The van der Waals surface area contributed by atoms with Gasteiger partial charge < -0.3 is 19.8 Å². The Bertz CT molecular complexity index is 1370. The van der Waals surface area contributed by atoms with Crippen molar-refractivity contribution in [2.45, 2.75) is 32.6 Å². The van der Waals surface area contributed by atoms with Crippen LogP contribution in [-0.4, -0.2) is 28.0 Å². The molecule has 0 aliphatic heterocycles. The van der Waals surface area contributed by atoms with Gasteiger partial charge in [0.05, 0.1) is 4.92 Å². The lowest BCUT2D eigenvalue weighted by atomic mass is 10.0. The number of nitrogens with zero attached hydrogens (tertiary/aromatic N) is 1. The normalized spacial score (nSPS) is 11.6. The molecule has 1 aromatic heterocycles. The lowest BCUT2D eigenvalue weighted by Gasteiger charge is -2.18. The largest absolute Gasteiger partial charge is 0.459 e. The number of benzene rings is 3. The van der Waals surface area contributed by atoms with Gasteiger partial charge in [-0.2, -0.15) is 0 Å². The molecule has 3 aromatic carbocycles. The number of aryl methyl sites for hydroxylation is 1. The van der Waals surface area contributed by atoms with Gasteiger partial charge in [-0.15, -0.1) is 0 Å². The molecule has 1 atom stereocenters. The number of carbonyl (C=O) groups is 2. The number of carbonyl (C=O) groups excluding carboxylic acids is 2. The Morgan fingerprint density at radius 3 is 2.17 bits per heavy atom. The summed E-state index contributed by atoms with van der Waals surface area (Å²) in [5.41, 5.74) is 3.62. The molecular formula is C27H25N3O6. The molecule has 2 N–H and O–H groups in total. The number of aromatic amines is 1. The Labute approximate surface area is 207 Å². The quantitative estimate of drug-likeness (QED) is 0.195. The Morgan fingerprint density at radius 1 is 0.944 bits per heavy atom. The van der Waals surface area contributed by atoms with E-state index in [0.717, 1.165) is 16.8 Å². The van der Waals surface area contributed by atoms with Gasteiger partial charge in [-0.1, -0.05) is 60.7 Å². The molecule has 0 spiro atoms. The number of amides is 1. The number of aromatic nitrogens is 1. The van der Waals surface area contributed by atoms with E-state index in [-0.39, 0.29) is 25.3 Å². The zero-order chi connectivity index (χ0) is 25.5. The molecule has 36 heavy (non-hydrogen) atoms. The van der Waals surface area contributed by atoms with Gasteiger partial charge in [0.2, 0.25) is 0 Å². The van der Waals surface area contributed by atoms with Gasteiger partial charge in [0.25, 0.3) is 5.69 Å². The first-order chi connectivity index (χ1) is 17.4. The third-order valence-corrected chi connectivity index (χ3v) is 5.74. The van der Waals surface area contributed by atoms with E-state index in [1.165, 1.54) is 12.1 Å². The van der Waals surface area contributed by atoms with Crippen molar-refractivity contribution in [1.29, 1.82) is 0 Å². The Morgan fingerprint density at radius 2 is 1.56 bits per heavy atom. The number of nitro groups is 1. The summed E-state index contributed by atoms with van der Waals surface area (Å²) >= 11 is 0. The summed E-state index contributed by atoms with van der Waals surface area (Å²) in [6.45, 7) is 1.88. The lowest BCUT2D eigenvalue weighted by molar-refractivity contribution is -0.384. The lowest BCUT2D eigenvalue weighted by Crippen LogP contribution is -2.43. The highest BCUT2D eigenvalue weighted by Gasteiger charge is 2.26. The first kappa shape index (κ1) is 24.5. The molecule has 0 aliphatic rings. The summed E-state index contributed by atoms with van der Waals surface area (Å²) in [6.07, 6.45) is -0.717. The molecule has 0 unspecified atom stereocenters. The van der Waals surface area contributed by atoms with Crippen LogP contribution in [0.4, 0.5) is 10.5 Å². The fourth-order valence-corrected chi connectivity index (χ4v) is 3.88.